The van der Waals surface area contributed by atoms with Crippen molar-refractivity contribution in [2.45, 2.75) is 50.7 Å². The van der Waals surface area contributed by atoms with Crippen molar-refractivity contribution >= 4 is 23.3 Å². The van der Waals surface area contributed by atoms with Gasteiger partial charge in [-0.05, 0) is 48.9 Å². The third kappa shape index (κ3) is 2.89. The zero-order valence-corrected chi connectivity index (χ0v) is 13.5. The number of ether oxygens (including phenoxy) is 1. The summed E-state index contributed by atoms with van der Waals surface area (Å²) >= 11 is 3.34. The summed E-state index contributed by atoms with van der Waals surface area (Å²) < 4.78 is 10.1. The molecule has 1 N–H and O–H groups in total. The van der Waals surface area contributed by atoms with Gasteiger partial charge in [0.05, 0.1) is 22.3 Å². The predicted molar refractivity (Wildman–Crippen MR) is 82.2 cm³/mol. The molecule has 1 spiro atoms. The Kier molecular flexibility index (Phi) is 4.65. The highest BCUT2D eigenvalue weighted by Crippen LogP contribution is 2.44. The Morgan fingerprint density at radius 2 is 2.45 bits per heavy atom. The fraction of sp³-hybridized carbons (Fsp3) is 0.857. The summed E-state index contributed by atoms with van der Waals surface area (Å²) in [7, 11) is 0. The molecule has 1 aromatic heterocycles. The monoisotopic (exact) mass is 314 g/mol. The second-order valence-electron chi connectivity index (χ2n) is 5.87. The van der Waals surface area contributed by atoms with Crippen LogP contribution in [0.2, 0.25) is 0 Å². The van der Waals surface area contributed by atoms with E-state index in [2.05, 4.69) is 16.5 Å². The number of hydrogen-bond acceptors (Lipinski definition) is 6. The molecule has 2 saturated heterocycles. The Balaban J connectivity index is 1.72. The minimum atomic E-state index is -0.414. The van der Waals surface area contributed by atoms with Crippen molar-refractivity contribution in [1.29, 1.82) is 0 Å². The Morgan fingerprint density at radius 1 is 1.55 bits per heavy atom. The molecule has 3 atom stereocenters. The molecule has 4 nitrogen and oxygen atoms in total. The fourth-order valence-corrected chi connectivity index (χ4v) is 5.42. The molecular formula is C14H22N2O2S2. The highest BCUT2D eigenvalue weighted by molar-refractivity contribution is 7.99. The van der Waals surface area contributed by atoms with Gasteiger partial charge >= 0.3 is 0 Å². The van der Waals surface area contributed by atoms with E-state index in [1.54, 1.807) is 0 Å². The Hall–Kier alpha value is -0.170. The molecule has 0 aliphatic carbocycles. The largest absolute Gasteiger partial charge is 0.387 e. The molecule has 0 aromatic carbocycles. The predicted octanol–water partition coefficient (Wildman–Crippen LogP) is 2.83. The molecule has 2 aliphatic rings. The van der Waals surface area contributed by atoms with Crippen LogP contribution in [-0.2, 0) is 11.2 Å². The van der Waals surface area contributed by atoms with Gasteiger partial charge in [0.1, 0.15) is 0 Å². The number of aromatic nitrogens is 2. The van der Waals surface area contributed by atoms with E-state index in [9.17, 15) is 5.11 Å². The van der Waals surface area contributed by atoms with Crippen LogP contribution in [0.5, 0.6) is 0 Å². The maximum Gasteiger partial charge on any atom is 0.0947 e. The van der Waals surface area contributed by atoms with Crippen LogP contribution in [0.4, 0.5) is 0 Å². The molecule has 0 radical (unpaired) electrons. The number of aliphatic hydroxyl groups excluding tert-OH is 1. The number of rotatable bonds is 4. The summed E-state index contributed by atoms with van der Waals surface area (Å²) in [5.74, 6) is 2.56. The lowest BCUT2D eigenvalue weighted by molar-refractivity contribution is -0.101. The van der Waals surface area contributed by atoms with Crippen LogP contribution >= 0.6 is 23.3 Å². The summed E-state index contributed by atoms with van der Waals surface area (Å²) in [4.78, 5) is 0.986. The zero-order valence-electron chi connectivity index (χ0n) is 11.9. The van der Waals surface area contributed by atoms with E-state index in [-0.39, 0.29) is 5.60 Å². The van der Waals surface area contributed by atoms with E-state index in [0.717, 1.165) is 55.0 Å². The number of aliphatic hydroxyl groups is 1. The average molecular weight is 314 g/mol. The molecule has 3 heterocycles. The molecule has 112 valence electrons. The Labute approximate surface area is 128 Å². The number of aryl methyl sites for hydroxylation is 1. The SMILES string of the molecule is CCCc1nnsc1C(O)C1CCOC2(CCSC2)C1. The van der Waals surface area contributed by atoms with Crippen LogP contribution in [0, 0.1) is 5.92 Å². The van der Waals surface area contributed by atoms with Crippen molar-refractivity contribution in [3.05, 3.63) is 10.6 Å². The van der Waals surface area contributed by atoms with Gasteiger partial charge in [-0.15, -0.1) is 5.10 Å². The van der Waals surface area contributed by atoms with Gasteiger partial charge in [0, 0.05) is 12.4 Å². The Bertz CT molecular complexity index is 446. The van der Waals surface area contributed by atoms with Gasteiger partial charge in [0.2, 0.25) is 0 Å². The van der Waals surface area contributed by atoms with Gasteiger partial charge in [-0.25, -0.2) is 0 Å². The van der Waals surface area contributed by atoms with Crippen LogP contribution in [0.15, 0.2) is 0 Å². The second kappa shape index (κ2) is 6.30. The first-order chi connectivity index (χ1) is 9.74. The summed E-state index contributed by atoms with van der Waals surface area (Å²) in [5.41, 5.74) is 1.02. The highest BCUT2D eigenvalue weighted by atomic mass is 32.2. The maximum absolute atomic E-state index is 10.8. The quantitative estimate of drug-likeness (QED) is 0.926. The number of hydrogen-bond donors (Lipinski definition) is 1. The molecule has 0 bridgehead atoms. The van der Waals surface area contributed by atoms with Crippen molar-refractivity contribution in [2.24, 2.45) is 5.92 Å². The molecule has 1 aromatic rings. The molecule has 0 amide bonds. The van der Waals surface area contributed by atoms with Crippen LogP contribution in [0.25, 0.3) is 0 Å². The zero-order chi connectivity index (χ0) is 14.0. The van der Waals surface area contributed by atoms with Crippen LogP contribution in [0.3, 0.4) is 0 Å². The van der Waals surface area contributed by atoms with Crippen molar-refractivity contribution in [3.8, 4) is 0 Å². The molecule has 0 saturated carbocycles. The fourth-order valence-electron chi connectivity index (χ4n) is 3.26. The van der Waals surface area contributed by atoms with Gasteiger partial charge in [-0.1, -0.05) is 17.8 Å². The van der Waals surface area contributed by atoms with Gasteiger partial charge in [0.25, 0.3) is 0 Å². The third-order valence-corrected chi connectivity index (χ3v) is 6.45. The van der Waals surface area contributed by atoms with E-state index in [1.807, 2.05) is 11.8 Å². The summed E-state index contributed by atoms with van der Waals surface area (Å²) in [6, 6.07) is 0. The smallest absolute Gasteiger partial charge is 0.0947 e. The topological polar surface area (TPSA) is 55.2 Å². The third-order valence-electron chi connectivity index (χ3n) is 4.39. The normalized spacial score (nSPS) is 31.8. The van der Waals surface area contributed by atoms with Gasteiger partial charge < -0.3 is 9.84 Å². The molecule has 6 heteroatoms. The van der Waals surface area contributed by atoms with E-state index in [0.29, 0.717) is 5.92 Å². The van der Waals surface area contributed by atoms with Gasteiger partial charge in [0.15, 0.2) is 0 Å². The number of thioether (sulfide) groups is 1. The molecule has 2 fully saturated rings. The van der Waals surface area contributed by atoms with Gasteiger partial charge in [-0.2, -0.15) is 11.8 Å². The first-order valence-corrected chi connectivity index (χ1v) is 9.38. The lowest BCUT2D eigenvalue weighted by Gasteiger charge is -2.39. The van der Waals surface area contributed by atoms with Crippen molar-refractivity contribution in [1.82, 2.24) is 9.59 Å². The minimum Gasteiger partial charge on any atom is -0.387 e. The average Bonchev–Trinajstić information content (AvgIpc) is 3.09. The summed E-state index contributed by atoms with van der Waals surface area (Å²) in [6.45, 7) is 2.91. The minimum absolute atomic E-state index is 0.0254. The molecule has 2 aliphatic heterocycles. The lowest BCUT2D eigenvalue weighted by atomic mass is 9.81. The summed E-state index contributed by atoms with van der Waals surface area (Å²) in [6.07, 6.45) is 4.58. The lowest BCUT2D eigenvalue weighted by Crippen LogP contribution is -2.41. The van der Waals surface area contributed by atoms with Gasteiger partial charge in [-0.3, -0.25) is 0 Å². The Morgan fingerprint density at radius 3 is 3.20 bits per heavy atom. The van der Waals surface area contributed by atoms with Crippen molar-refractivity contribution in [2.75, 3.05) is 18.1 Å². The van der Waals surface area contributed by atoms with Crippen molar-refractivity contribution < 1.29 is 9.84 Å². The standard InChI is InChI=1S/C14H22N2O2S2/c1-2-3-11-13(20-16-15-11)12(17)10-4-6-18-14(8-10)5-7-19-9-14/h10,12,17H,2-9H2,1H3. The molecule has 3 rings (SSSR count). The number of nitrogens with zero attached hydrogens (tertiary/aromatic N) is 2. The van der Waals surface area contributed by atoms with Crippen LogP contribution in [0.1, 0.15) is 49.3 Å². The van der Waals surface area contributed by atoms with E-state index >= 15 is 0 Å². The highest BCUT2D eigenvalue weighted by Gasteiger charge is 2.43. The first-order valence-electron chi connectivity index (χ1n) is 7.45. The molecule has 3 unspecified atom stereocenters. The van der Waals surface area contributed by atoms with Crippen LogP contribution in [-0.4, -0.2) is 38.4 Å². The first kappa shape index (κ1) is 14.8. The summed E-state index contributed by atoms with van der Waals surface area (Å²) in [5, 5.41) is 14.9. The van der Waals surface area contributed by atoms with E-state index in [4.69, 9.17) is 4.74 Å². The second-order valence-corrected chi connectivity index (χ2v) is 7.76. The van der Waals surface area contributed by atoms with E-state index < -0.39 is 6.10 Å². The molecule has 20 heavy (non-hydrogen) atoms. The molecular weight excluding hydrogens is 292 g/mol. The van der Waals surface area contributed by atoms with Crippen molar-refractivity contribution in [3.63, 3.8) is 0 Å². The maximum atomic E-state index is 10.8. The van der Waals surface area contributed by atoms with Crippen LogP contribution < -0.4 is 0 Å². The van der Waals surface area contributed by atoms with E-state index in [1.165, 1.54) is 17.3 Å².